The number of hydrogen-bond donors (Lipinski definition) is 2. The standard InChI is InChI=1S/C19H23FN2O3/c1-2-24-17-5-3-4-6-18(17)25-14-13-21-12-11-19(23)22-16-9-7-15(20)8-10-16/h3-10,21H,2,11-14H2,1H3,(H,22,23). The summed E-state index contributed by atoms with van der Waals surface area (Å²) in [7, 11) is 0. The van der Waals surface area contributed by atoms with Gasteiger partial charge in [0, 0.05) is 25.2 Å². The molecule has 0 aliphatic rings. The largest absolute Gasteiger partial charge is 0.490 e. The van der Waals surface area contributed by atoms with Crippen molar-refractivity contribution < 1.29 is 18.7 Å². The molecule has 1 amide bonds. The summed E-state index contributed by atoms with van der Waals surface area (Å²) in [6.07, 6.45) is 0.326. The zero-order valence-electron chi connectivity index (χ0n) is 14.3. The van der Waals surface area contributed by atoms with E-state index in [4.69, 9.17) is 9.47 Å². The molecule has 0 saturated heterocycles. The summed E-state index contributed by atoms with van der Waals surface area (Å²) in [5, 5.41) is 5.86. The lowest BCUT2D eigenvalue weighted by Gasteiger charge is -2.12. The molecule has 0 aliphatic heterocycles. The minimum atomic E-state index is -0.328. The molecule has 0 heterocycles. The number of halogens is 1. The first-order chi connectivity index (χ1) is 12.2. The van der Waals surface area contributed by atoms with Crippen LogP contribution in [0, 0.1) is 5.82 Å². The number of rotatable bonds is 10. The number of carbonyl (C=O) groups is 1. The third kappa shape index (κ3) is 6.81. The van der Waals surface area contributed by atoms with Gasteiger partial charge in [0.1, 0.15) is 12.4 Å². The SMILES string of the molecule is CCOc1ccccc1OCCNCCC(=O)Nc1ccc(F)cc1. The molecule has 2 aromatic carbocycles. The van der Waals surface area contributed by atoms with Gasteiger partial charge in [0.15, 0.2) is 11.5 Å². The van der Waals surface area contributed by atoms with Crippen LogP contribution < -0.4 is 20.1 Å². The molecular formula is C19H23FN2O3. The molecule has 0 aromatic heterocycles. The Kier molecular flexibility index (Phi) is 7.72. The molecule has 5 nitrogen and oxygen atoms in total. The topological polar surface area (TPSA) is 59.6 Å². The van der Waals surface area contributed by atoms with E-state index in [-0.39, 0.29) is 11.7 Å². The Morgan fingerprint density at radius 1 is 1.00 bits per heavy atom. The molecule has 0 spiro atoms. The predicted octanol–water partition coefficient (Wildman–Crippen LogP) is 3.22. The van der Waals surface area contributed by atoms with Crippen LogP contribution in [-0.4, -0.2) is 32.2 Å². The maximum atomic E-state index is 12.8. The van der Waals surface area contributed by atoms with Gasteiger partial charge >= 0.3 is 0 Å². The van der Waals surface area contributed by atoms with Crippen LogP contribution in [0.25, 0.3) is 0 Å². The number of ether oxygens (including phenoxy) is 2. The van der Waals surface area contributed by atoms with Crippen LogP contribution in [-0.2, 0) is 4.79 Å². The van der Waals surface area contributed by atoms with Crippen molar-refractivity contribution in [3.8, 4) is 11.5 Å². The maximum Gasteiger partial charge on any atom is 0.225 e. The van der Waals surface area contributed by atoms with E-state index in [1.54, 1.807) is 0 Å². The fourth-order valence-corrected chi connectivity index (χ4v) is 2.16. The Morgan fingerprint density at radius 3 is 2.36 bits per heavy atom. The molecule has 0 fully saturated rings. The molecule has 2 aromatic rings. The lowest BCUT2D eigenvalue weighted by molar-refractivity contribution is -0.116. The molecule has 2 rings (SSSR count). The molecule has 6 heteroatoms. The van der Waals surface area contributed by atoms with Gasteiger partial charge in [0.05, 0.1) is 6.61 Å². The van der Waals surface area contributed by atoms with Crippen molar-refractivity contribution in [3.63, 3.8) is 0 Å². The zero-order chi connectivity index (χ0) is 17.9. The summed E-state index contributed by atoms with van der Waals surface area (Å²) in [5.41, 5.74) is 0.585. The Balaban J connectivity index is 1.60. The van der Waals surface area contributed by atoms with Crippen molar-refractivity contribution in [2.75, 3.05) is 31.6 Å². The molecule has 25 heavy (non-hydrogen) atoms. The summed E-state index contributed by atoms with van der Waals surface area (Å²) in [6.45, 7) is 4.13. The molecule has 0 aliphatic carbocycles. The van der Waals surface area contributed by atoms with Crippen molar-refractivity contribution in [2.24, 2.45) is 0 Å². The lowest BCUT2D eigenvalue weighted by Crippen LogP contribution is -2.25. The third-order valence-corrected chi connectivity index (χ3v) is 3.34. The average molecular weight is 346 g/mol. The van der Waals surface area contributed by atoms with E-state index in [2.05, 4.69) is 10.6 Å². The number of anilines is 1. The first-order valence-electron chi connectivity index (χ1n) is 8.30. The van der Waals surface area contributed by atoms with Crippen LogP contribution in [0.15, 0.2) is 48.5 Å². The van der Waals surface area contributed by atoms with Gasteiger partial charge in [-0.25, -0.2) is 4.39 Å². The number of hydrogen-bond acceptors (Lipinski definition) is 4. The Hall–Kier alpha value is -2.60. The molecule has 0 radical (unpaired) electrons. The maximum absolute atomic E-state index is 12.8. The van der Waals surface area contributed by atoms with Gasteiger partial charge < -0.3 is 20.1 Å². The van der Waals surface area contributed by atoms with Crippen molar-refractivity contribution in [3.05, 3.63) is 54.3 Å². The number of benzene rings is 2. The smallest absolute Gasteiger partial charge is 0.225 e. The van der Waals surface area contributed by atoms with Crippen molar-refractivity contribution in [1.29, 1.82) is 0 Å². The Morgan fingerprint density at radius 2 is 1.68 bits per heavy atom. The molecule has 0 saturated carbocycles. The molecule has 2 N–H and O–H groups in total. The summed E-state index contributed by atoms with van der Waals surface area (Å²) < 4.78 is 24.0. The van der Waals surface area contributed by atoms with Crippen LogP contribution in [0.2, 0.25) is 0 Å². The van der Waals surface area contributed by atoms with Crippen LogP contribution in [0.4, 0.5) is 10.1 Å². The Labute approximate surface area is 147 Å². The molecule has 0 unspecified atom stereocenters. The average Bonchev–Trinajstić information content (AvgIpc) is 2.61. The lowest BCUT2D eigenvalue weighted by atomic mass is 10.3. The van der Waals surface area contributed by atoms with Gasteiger partial charge in [-0.05, 0) is 43.3 Å². The molecule has 0 bridgehead atoms. The van der Waals surface area contributed by atoms with E-state index < -0.39 is 0 Å². The van der Waals surface area contributed by atoms with Crippen LogP contribution in [0.3, 0.4) is 0 Å². The second-order valence-corrected chi connectivity index (χ2v) is 5.28. The molecule has 0 atom stereocenters. The third-order valence-electron chi connectivity index (χ3n) is 3.34. The molecule has 134 valence electrons. The number of para-hydroxylation sites is 2. The predicted molar refractivity (Wildman–Crippen MR) is 95.6 cm³/mol. The van der Waals surface area contributed by atoms with E-state index in [0.29, 0.717) is 44.2 Å². The summed E-state index contributed by atoms with van der Waals surface area (Å²) in [6, 6.07) is 13.2. The van der Waals surface area contributed by atoms with Gasteiger partial charge in [-0.3, -0.25) is 4.79 Å². The highest BCUT2D eigenvalue weighted by Gasteiger charge is 2.04. The highest BCUT2D eigenvalue weighted by atomic mass is 19.1. The summed E-state index contributed by atoms with van der Waals surface area (Å²) in [5.74, 6) is 0.983. The summed E-state index contributed by atoms with van der Waals surface area (Å²) in [4.78, 5) is 11.8. The van der Waals surface area contributed by atoms with Crippen molar-refractivity contribution in [2.45, 2.75) is 13.3 Å². The van der Waals surface area contributed by atoms with Gasteiger partial charge in [-0.1, -0.05) is 12.1 Å². The van der Waals surface area contributed by atoms with Crippen LogP contribution in [0.1, 0.15) is 13.3 Å². The van der Waals surface area contributed by atoms with E-state index >= 15 is 0 Å². The highest BCUT2D eigenvalue weighted by Crippen LogP contribution is 2.25. The van der Waals surface area contributed by atoms with E-state index in [9.17, 15) is 9.18 Å². The van der Waals surface area contributed by atoms with E-state index in [1.807, 2.05) is 31.2 Å². The number of amides is 1. The second-order valence-electron chi connectivity index (χ2n) is 5.28. The molecular weight excluding hydrogens is 323 g/mol. The normalized spacial score (nSPS) is 10.3. The zero-order valence-corrected chi connectivity index (χ0v) is 14.3. The van der Waals surface area contributed by atoms with Gasteiger partial charge in [-0.15, -0.1) is 0 Å². The first kappa shape index (κ1) is 18.7. The van der Waals surface area contributed by atoms with Crippen molar-refractivity contribution >= 4 is 11.6 Å². The monoisotopic (exact) mass is 346 g/mol. The van der Waals surface area contributed by atoms with E-state index in [0.717, 1.165) is 5.75 Å². The first-order valence-corrected chi connectivity index (χ1v) is 8.30. The van der Waals surface area contributed by atoms with Crippen LogP contribution in [0.5, 0.6) is 11.5 Å². The van der Waals surface area contributed by atoms with Crippen molar-refractivity contribution in [1.82, 2.24) is 5.32 Å². The number of nitrogens with one attached hydrogen (secondary N) is 2. The fraction of sp³-hybridized carbons (Fsp3) is 0.316. The Bertz CT molecular complexity index is 662. The van der Waals surface area contributed by atoms with Gasteiger partial charge in [-0.2, -0.15) is 0 Å². The van der Waals surface area contributed by atoms with E-state index in [1.165, 1.54) is 24.3 Å². The van der Waals surface area contributed by atoms with Gasteiger partial charge in [0.2, 0.25) is 5.91 Å². The second kappa shape index (κ2) is 10.3. The highest BCUT2D eigenvalue weighted by molar-refractivity contribution is 5.90. The minimum Gasteiger partial charge on any atom is -0.490 e. The quantitative estimate of drug-likeness (QED) is 0.649. The number of carbonyl (C=O) groups excluding carboxylic acids is 1. The van der Waals surface area contributed by atoms with Gasteiger partial charge in [0.25, 0.3) is 0 Å². The van der Waals surface area contributed by atoms with Crippen LogP contribution >= 0.6 is 0 Å². The minimum absolute atomic E-state index is 0.123. The summed E-state index contributed by atoms with van der Waals surface area (Å²) >= 11 is 0. The fourth-order valence-electron chi connectivity index (χ4n) is 2.16.